The first-order valence-electron chi connectivity index (χ1n) is 4.71. The Morgan fingerprint density at radius 1 is 1.64 bits per heavy atom. The van der Waals surface area contributed by atoms with Crippen molar-refractivity contribution in [1.29, 1.82) is 0 Å². The lowest BCUT2D eigenvalue weighted by Crippen LogP contribution is -2.31. The van der Waals surface area contributed by atoms with Crippen molar-refractivity contribution in [2.45, 2.75) is 19.6 Å². The molecule has 1 rings (SSSR count). The molecule has 0 aromatic carbocycles. The molecule has 0 aliphatic heterocycles. The molecule has 5 nitrogen and oxygen atoms in total. The van der Waals surface area contributed by atoms with E-state index in [2.05, 4.69) is 10.4 Å². The summed E-state index contributed by atoms with van der Waals surface area (Å²) in [6, 6.07) is 0. The SMILES string of the molecule is Cc1cnn(CCNC[C@H](O)CO)c1. The van der Waals surface area contributed by atoms with Gasteiger partial charge in [-0.15, -0.1) is 0 Å². The third-order valence-corrected chi connectivity index (χ3v) is 1.87. The molecule has 0 fully saturated rings. The number of nitrogens with one attached hydrogen (secondary N) is 1. The van der Waals surface area contributed by atoms with E-state index in [0.29, 0.717) is 6.54 Å². The molecule has 0 amide bonds. The molecule has 0 spiro atoms. The lowest BCUT2D eigenvalue weighted by molar-refractivity contribution is 0.0943. The third-order valence-electron chi connectivity index (χ3n) is 1.87. The number of aliphatic hydroxyl groups is 2. The Morgan fingerprint density at radius 3 is 3.00 bits per heavy atom. The minimum absolute atomic E-state index is 0.201. The van der Waals surface area contributed by atoms with Crippen molar-refractivity contribution in [3.8, 4) is 0 Å². The molecule has 1 atom stereocenters. The first kappa shape index (κ1) is 11.2. The summed E-state index contributed by atoms with van der Waals surface area (Å²) >= 11 is 0. The van der Waals surface area contributed by atoms with Gasteiger partial charge >= 0.3 is 0 Å². The Hall–Kier alpha value is -0.910. The average molecular weight is 199 g/mol. The van der Waals surface area contributed by atoms with Gasteiger partial charge in [0.25, 0.3) is 0 Å². The van der Waals surface area contributed by atoms with Crippen LogP contribution in [0.15, 0.2) is 12.4 Å². The second-order valence-corrected chi connectivity index (χ2v) is 3.32. The summed E-state index contributed by atoms with van der Waals surface area (Å²) in [7, 11) is 0. The number of nitrogens with zero attached hydrogens (tertiary/aromatic N) is 2. The molecule has 80 valence electrons. The highest BCUT2D eigenvalue weighted by Crippen LogP contribution is 1.92. The molecular weight excluding hydrogens is 182 g/mol. The predicted molar refractivity (Wildman–Crippen MR) is 52.9 cm³/mol. The smallest absolute Gasteiger partial charge is 0.0894 e. The Bertz CT molecular complexity index is 262. The van der Waals surface area contributed by atoms with Crippen LogP contribution in [0.2, 0.25) is 0 Å². The van der Waals surface area contributed by atoms with E-state index < -0.39 is 6.10 Å². The summed E-state index contributed by atoms with van der Waals surface area (Å²) in [6.45, 7) is 3.71. The molecule has 5 heteroatoms. The number of rotatable bonds is 6. The van der Waals surface area contributed by atoms with E-state index in [1.807, 2.05) is 24.0 Å². The highest BCUT2D eigenvalue weighted by Gasteiger charge is 2.00. The quantitative estimate of drug-likeness (QED) is 0.521. The van der Waals surface area contributed by atoms with Crippen molar-refractivity contribution in [3.05, 3.63) is 18.0 Å². The normalized spacial score (nSPS) is 13.1. The summed E-state index contributed by atoms with van der Waals surface area (Å²) < 4.78 is 1.84. The van der Waals surface area contributed by atoms with Crippen LogP contribution in [0.4, 0.5) is 0 Å². The fraction of sp³-hybridized carbons (Fsp3) is 0.667. The Balaban J connectivity index is 2.10. The predicted octanol–water partition coefficient (Wildman–Crippen LogP) is -0.866. The zero-order chi connectivity index (χ0) is 10.4. The van der Waals surface area contributed by atoms with Crippen LogP contribution in [-0.4, -0.2) is 45.8 Å². The molecular formula is C9H17N3O2. The van der Waals surface area contributed by atoms with Crippen LogP contribution < -0.4 is 5.32 Å². The highest BCUT2D eigenvalue weighted by molar-refractivity contribution is 4.99. The van der Waals surface area contributed by atoms with Gasteiger partial charge in [0, 0.05) is 19.3 Å². The zero-order valence-electron chi connectivity index (χ0n) is 8.35. The standard InChI is InChI=1S/C9H17N3O2/c1-8-4-11-12(6-8)3-2-10-5-9(14)7-13/h4,6,9-10,13-14H,2-3,5,7H2,1H3/t9-/m0/s1. The summed E-state index contributed by atoms with van der Waals surface area (Å²) in [5.41, 5.74) is 1.14. The second kappa shape index (κ2) is 5.74. The largest absolute Gasteiger partial charge is 0.394 e. The molecule has 14 heavy (non-hydrogen) atoms. The Morgan fingerprint density at radius 2 is 2.43 bits per heavy atom. The minimum atomic E-state index is -0.672. The molecule has 3 N–H and O–H groups in total. The maximum atomic E-state index is 9.02. The number of hydrogen-bond acceptors (Lipinski definition) is 4. The van der Waals surface area contributed by atoms with Crippen LogP contribution in [0.1, 0.15) is 5.56 Å². The molecule has 0 radical (unpaired) electrons. The summed E-state index contributed by atoms with van der Waals surface area (Å²) in [5.74, 6) is 0. The number of aryl methyl sites for hydroxylation is 1. The van der Waals surface area contributed by atoms with Gasteiger partial charge in [-0.25, -0.2) is 0 Å². The van der Waals surface area contributed by atoms with E-state index in [1.165, 1.54) is 0 Å². The Labute approximate surface area is 83.4 Å². The van der Waals surface area contributed by atoms with Gasteiger partial charge in [-0.3, -0.25) is 4.68 Å². The lowest BCUT2D eigenvalue weighted by atomic mass is 10.4. The molecule has 1 aromatic heterocycles. The fourth-order valence-electron chi connectivity index (χ4n) is 1.12. The van der Waals surface area contributed by atoms with Gasteiger partial charge in [0.05, 0.1) is 25.5 Å². The monoisotopic (exact) mass is 199 g/mol. The van der Waals surface area contributed by atoms with Gasteiger partial charge in [0.1, 0.15) is 0 Å². The topological polar surface area (TPSA) is 70.3 Å². The molecule has 0 saturated heterocycles. The van der Waals surface area contributed by atoms with Gasteiger partial charge in [0.15, 0.2) is 0 Å². The van der Waals surface area contributed by atoms with Crippen molar-refractivity contribution in [2.75, 3.05) is 19.7 Å². The van der Waals surface area contributed by atoms with E-state index in [1.54, 1.807) is 0 Å². The van der Waals surface area contributed by atoms with Crippen molar-refractivity contribution in [3.63, 3.8) is 0 Å². The van der Waals surface area contributed by atoms with E-state index in [-0.39, 0.29) is 6.61 Å². The van der Waals surface area contributed by atoms with Crippen LogP contribution in [0.5, 0.6) is 0 Å². The molecule has 0 bridgehead atoms. The van der Waals surface area contributed by atoms with Crippen LogP contribution in [-0.2, 0) is 6.54 Å². The molecule has 1 heterocycles. The first-order chi connectivity index (χ1) is 6.72. The number of hydrogen-bond donors (Lipinski definition) is 3. The lowest BCUT2D eigenvalue weighted by Gasteiger charge is -2.08. The molecule has 0 aliphatic carbocycles. The maximum absolute atomic E-state index is 9.02. The van der Waals surface area contributed by atoms with Crippen LogP contribution in [0.25, 0.3) is 0 Å². The Kier molecular flexibility index (Phi) is 4.58. The van der Waals surface area contributed by atoms with Gasteiger partial charge < -0.3 is 15.5 Å². The molecule has 0 unspecified atom stereocenters. The van der Waals surface area contributed by atoms with Gasteiger partial charge in [-0.2, -0.15) is 5.10 Å². The van der Waals surface area contributed by atoms with E-state index in [4.69, 9.17) is 10.2 Å². The van der Waals surface area contributed by atoms with Crippen LogP contribution >= 0.6 is 0 Å². The zero-order valence-corrected chi connectivity index (χ0v) is 8.35. The van der Waals surface area contributed by atoms with E-state index >= 15 is 0 Å². The third kappa shape index (κ3) is 3.87. The summed E-state index contributed by atoms with van der Waals surface area (Å²) in [6.07, 6.45) is 3.10. The van der Waals surface area contributed by atoms with Crippen molar-refractivity contribution in [2.24, 2.45) is 0 Å². The number of aromatic nitrogens is 2. The average Bonchev–Trinajstić information content (AvgIpc) is 2.58. The minimum Gasteiger partial charge on any atom is -0.394 e. The van der Waals surface area contributed by atoms with Gasteiger partial charge in [-0.05, 0) is 12.5 Å². The summed E-state index contributed by atoms with van der Waals surface area (Å²) in [5, 5.41) is 24.7. The maximum Gasteiger partial charge on any atom is 0.0894 e. The van der Waals surface area contributed by atoms with E-state index in [9.17, 15) is 0 Å². The molecule has 1 aromatic rings. The van der Waals surface area contributed by atoms with Crippen LogP contribution in [0.3, 0.4) is 0 Å². The number of aliphatic hydroxyl groups excluding tert-OH is 2. The molecule has 0 aliphatic rings. The van der Waals surface area contributed by atoms with Gasteiger partial charge in [0.2, 0.25) is 0 Å². The molecule has 0 saturated carbocycles. The van der Waals surface area contributed by atoms with Crippen LogP contribution in [0, 0.1) is 6.92 Å². The first-order valence-corrected chi connectivity index (χ1v) is 4.71. The van der Waals surface area contributed by atoms with Gasteiger partial charge in [-0.1, -0.05) is 0 Å². The van der Waals surface area contributed by atoms with E-state index in [0.717, 1.165) is 18.7 Å². The van der Waals surface area contributed by atoms with Crippen molar-refractivity contribution >= 4 is 0 Å². The van der Waals surface area contributed by atoms with Crippen molar-refractivity contribution in [1.82, 2.24) is 15.1 Å². The highest BCUT2D eigenvalue weighted by atomic mass is 16.3. The second-order valence-electron chi connectivity index (χ2n) is 3.32. The van der Waals surface area contributed by atoms with Crippen molar-refractivity contribution < 1.29 is 10.2 Å². The summed E-state index contributed by atoms with van der Waals surface area (Å²) in [4.78, 5) is 0. The fourth-order valence-corrected chi connectivity index (χ4v) is 1.12.